The van der Waals surface area contributed by atoms with Gasteiger partial charge in [0.05, 0.1) is 5.69 Å². The average molecular weight is 307 g/mol. The summed E-state index contributed by atoms with van der Waals surface area (Å²) >= 11 is 5.94. The van der Waals surface area contributed by atoms with Gasteiger partial charge in [0.25, 0.3) is 5.91 Å². The highest BCUT2D eigenvalue weighted by atomic mass is 35.5. The highest BCUT2D eigenvalue weighted by molar-refractivity contribution is 6.30. The number of nitrogens with zero attached hydrogens (tertiary/aromatic N) is 1. The summed E-state index contributed by atoms with van der Waals surface area (Å²) < 4.78 is 5.23. The summed E-state index contributed by atoms with van der Waals surface area (Å²) in [6.07, 6.45) is 0.730. The van der Waals surface area contributed by atoms with E-state index in [4.69, 9.17) is 16.1 Å². The Morgan fingerprint density at radius 3 is 2.86 bits per heavy atom. The molecule has 0 unspecified atom stereocenters. The van der Waals surface area contributed by atoms with Crippen molar-refractivity contribution in [2.45, 2.75) is 33.1 Å². The normalized spacial score (nSPS) is 10.9. The largest absolute Gasteiger partial charge is 0.360 e. The molecule has 0 aliphatic carbocycles. The van der Waals surface area contributed by atoms with Gasteiger partial charge in [-0.25, -0.2) is 0 Å². The molecule has 1 heterocycles. The molecule has 2 aromatic rings. The highest BCUT2D eigenvalue weighted by Gasteiger charge is 2.22. The molecule has 0 aliphatic heterocycles. The van der Waals surface area contributed by atoms with Gasteiger partial charge in [0.2, 0.25) is 0 Å². The van der Waals surface area contributed by atoms with Crippen molar-refractivity contribution < 1.29 is 9.32 Å². The maximum absolute atomic E-state index is 12.3. The number of hydrogen-bond acceptors (Lipinski definition) is 3. The van der Waals surface area contributed by atoms with Crippen LogP contribution in [0.3, 0.4) is 0 Å². The van der Waals surface area contributed by atoms with E-state index in [-0.39, 0.29) is 11.8 Å². The quantitative estimate of drug-likeness (QED) is 0.915. The summed E-state index contributed by atoms with van der Waals surface area (Å²) in [5.74, 6) is 0.618. The van der Waals surface area contributed by atoms with Crippen molar-refractivity contribution in [3.8, 4) is 0 Å². The Morgan fingerprint density at radius 2 is 2.19 bits per heavy atom. The van der Waals surface area contributed by atoms with Gasteiger partial charge in [-0.1, -0.05) is 42.7 Å². The van der Waals surface area contributed by atoms with Crippen molar-refractivity contribution in [1.29, 1.82) is 0 Å². The molecule has 0 radical (unpaired) electrons. The topological polar surface area (TPSA) is 55.1 Å². The van der Waals surface area contributed by atoms with E-state index < -0.39 is 0 Å². The van der Waals surface area contributed by atoms with E-state index >= 15 is 0 Å². The number of hydrogen-bond donors (Lipinski definition) is 1. The van der Waals surface area contributed by atoms with E-state index in [2.05, 4.69) is 10.5 Å². The summed E-state index contributed by atoms with van der Waals surface area (Å²) in [6.45, 7) is 6.27. The SMILES string of the molecule is Cc1noc(C(C)C)c1C(=O)NCCc1cccc(Cl)c1. The number of nitrogens with one attached hydrogen (secondary N) is 1. The van der Waals surface area contributed by atoms with E-state index in [0.29, 0.717) is 28.6 Å². The maximum Gasteiger partial charge on any atom is 0.256 e. The van der Waals surface area contributed by atoms with Gasteiger partial charge in [0, 0.05) is 17.5 Å². The van der Waals surface area contributed by atoms with Crippen LogP contribution in [-0.2, 0) is 6.42 Å². The van der Waals surface area contributed by atoms with Gasteiger partial charge < -0.3 is 9.84 Å². The Hall–Kier alpha value is -1.81. The van der Waals surface area contributed by atoms with Gasteiger partial charge in [0.15, 0.2) is 5.76 Å². The molecule has 0 saturated heterocycles. The fourth-order valence-corrected chi connectivity index (χ4v) is 2.37. The van der Waals surface area contributed by atoms with Crippen molar-refractivity contribution >= 4 is 17.5 Å². The molecule has 1 aromatic carbocycles. The number of amides is 1. The molecule has 1 N–H and O–H groups in total. The molecule has 4 nitrogen and oxygen atoms in total. The predicted molar refractivity (Wildman–Crippen MR) is 82.8 cm³/mol. The monoisotopic (exact) mass is 306 g/mol. The van der Waals surface area contributed by atoms with Crippen LogP contribution < -0.4 is 5.32 Å². The Kier molecular flexibility index (Phi) is 5.02. The molecule has 0 atom stereocenters. The van der Waals surface area contributed by atoms with Crippen LogP contribution in [-0.4, -0.2) is 17.6 Å². The second kappa shape index (κ2) is 6.76. The second-order valence-corrected chi connectivity index (χ2v) is 5.73. The van der Waals surface area contributed by atoms with Crippen LogP contribution >= 0.6 is 11.6 Å². The Bertz CT molecular complexity index is 635. The van der Waals surface area contributed by atoms with E-state index in [1.54, 1.807) is 6.92 Å². The Morgan fingerprint density at radius 1 is 1.43 bits per heavy atom. The van der Waals surface area contributed by atoms with Crippen molar-refractivity contribution in [2.75, 3.05) is 6.54 Å². The number of rotatable bonds is 5. The first kappa shape index (κ1) is 15.6. The zero-order valence-corrected chi connectivity index (χ0v) is 13.2. The van der Waals surface area contributed by atoms with Crippen LogP contribution in [0.4, 0.5) is 0 Å². The average Bonchev–Trinajstić information content (AvgIpc) is 2.81. The minimum atomic E-state index is -0.139. The van der Waals surface area contributed by atoms with Gasteiger partial charge >= 0.3 is 0 Å². The third-order valence-corrected chi connectivity index (χ3v) is 3.46. The van der Waals surface area contributed by atoms with Gasteiger partial charge in [-0.3, -0.25) is 4.79 Å². The van der Waals surface area contributed by atoms with Crippen LogP contribution in [0.1, 0.15) is 47.1 Å². The lowest BCUT2D eigenvalue weighted by atomic mass is 10.0. The highest BCUT2D eigenvalue weighted by Crippen LogP contribution is 2.22. The van der Waals surface area contributed by atoms with Crippen molar-refractivity contribution in [2.24, 2.45) is 0 Å². The molecule has 0 bridgehead atoms. The van der Waals surface area contributed by atoms with Gasteiger partial charge in [-0.15, -0.1) is 0 Å². The Labute approximate surface area is 129 Å². The summed E-state index contributed by atoms with van der Waals surface area (Å²) in [5, 5.41) is 7.49. The van der Waals surface area contributed by atoms with Crippen LogP contribution in [0.2, 0.25) is 5.02 Å². The molecule has 1 amide bonds. The molecule has 0 spiro atoms. The van der Waals surface area contributed by atoms with Crippen LogP contribution in [0, 0.1) is 6.92 Å². The molecule has 0 saturated carbocycles. The number of halogens is 1. The van der Waals surface area contributed by atoms with Crippen LogP contribution in [0.25, 0.3) is 0 Å². The zero-order chi connectivity index (χ0) is 15.4. The van der Waals surface area contributed by atoms with Crippen molar-refractivity contribution in [3.63, 3.8) is 0 Å². The lowest BCUT2D eigenvalue weighted by molar-refractivity contribution is 0.0951. The van der Waals surface area contributed by atoms with Gasteiger partial charge in [0.1, 0.15) is 5.56 Å². The zero-order valence-electron chi connectivity index (χ0n) is 12.4. The standard InChI is InChI=1S/C16H19ClN2O2/c1-10(2)15-14(11(3)19-21-15)16(20)18-8-7-12-5-4-6-13(17)9-12/h4-6,9-10H,7-8H2,1-3H3,(H,18,20). The molecule has 112 valence electrons. The van der Waals surface area contributed by atoms with E-state index in [0.717, 1.165) is 12.0 Å². The van der Waals surface area contributed by atoms with Crippen LogP contribution in [0.5, 0.6) is 0 Å². The van der Waals surface area contributed by atoms with Crippen molar-refractivity contribution in [1.82, 2.24) is 10.5 Å². The number of carbonyl (C=O) groups is 1. The van der Waals surface area contributed by atoms with E-state index in [1.807, 2.05) is 38.1 Å². The minimum Gasteiger partial charge on any atom is -0.360 e. The lowest BCUT2D eigenvalue weighted by Gasteiger charge is -2.07. The third kappa shape index (κ3) is 3.85. The second-order valence-electron chi connectivity index (χ2n) is 5.30. The molecule has 0 aliphatic rings. The first-order valence-corrected chi connectivity index (χ1v) is 7.35. The van der Waals surface area contributed by atoms with Gasteiger partial charge in [-0.2, -0.15) is 0 Å². The van der Waals surface area contributed by atoms with Crippen molar-refractivity contribution in [3.05, 3.63) is 51.9 Å². The molecule has 0 fully saturated rings. The molecule has 1 aromatic heterocycles. The fourth-order valence-electron chi connectivity index (χ4n) is 2.16. The maximum atomic E-state index is 12.3. The number of benzene rings is 1. The number of aromatic nitrogens is 1. The number of aryl methyl sites for hydroxylation is 1. The molecule has 2 rings (SSSR count). The molecular formula is C16H19ClN2O2. The molecular weight excluding hydrogens is 288 g/mol. The first-order chi connectivity index (χ1) is 9.99. The minimum absolute atomic E-state index is 0.125. The predicted octanol–water partition coefficient (Wildman–Crippen LogP) is 3.73. The lowest BCUT2D eigenvalue weighted by Crippen LogP contribution is -2.27. The summed E-state index contributed by atoms with van der Waals surface area (Å²) in [7, 11) is 0. The van der Waals surface area contributed by atoms with Gasteiger partial charge in [-0.05, 0) is 31.0 Å². The number of carbonyl (C=O) groups excluding carboxylic acids is 1. The van der Waals surface area contributed by atoms with E-state index in [1.165, 1.54) is 0 Å². The molecule has 5 heteroatoms. The summed E-state index contributed by atoms with van der Waals surface area (Å²) in [6, 6.07) is 7.62. The summed E-state index contributed by atoms with van der Waals surface area (Å²) in [5.41, 5.74) is 2.27. The fraction of sp³-hybridized carbons (Fsp3) is 0.375. The first-order valence-electron chi connectivity index (χ1n) is 6.98. The summed E-state index contributed by atoms with van der Waals surface area (Å²) in [4.78, 5) is 12.3. The molecule has 21 heavy (non-hydrogen) atoms. The van der Waals surface area contributed by atoms with Crippen LogP contribution in [0.15, 0.2) is 28.8 Å². The smallest absolute Gasteiger partial charge is 0.256 e. The Balaban J connectivity index is 1.98. The van der Waals surface area contributed by atoms with E-state index in [9.17, 15) is 4.79 Å². The third-order valence-electron chi connectivity index (χ3n) is 3.23.